The molecule has 0 spiro atoms. The van der Waals surface area contributed by atoms with Crippen LogP contribution in [-0.4, -0.2) is 5.91 Å². The molecular formula is C19H15FN2O. The van der Waals surface area contributed by atoms with Crippen molar-refractivity contribution in [2.24, 2.45) is 0 Å². The lowest BCUT2D eigenvalue weighted by Crippen LogP contribution is -2.13. The van der Waals surface area contributed by atoms with Gasteiger partial charge in [0.1, 0.15) is 5.82 Å². The van der Waals surface area contributed by atoms with Gasteiger partial charge in [0.2, 0.25) is 0 Å². The summed E-state index contributed by atoms with van der Waals surface area (Å²) in [6.45, 7) is 0. The van der Waals surface area contributed by atoms with Crippen molar-refractivity contribution in [3.05, 3.63) is 84.2 Å². The molecule has 4 heteroatoms. The van der Waals surface area contributed by atoms with E-state index in [1.54, 1.807) is 60.7 Å². The zero-order chi connectivity index (χ0) is 16.2. The number of carbonyl (C=O) groups is 1. The number of hydrogen-bond acceptors (Lipinski definition) is 2. The molecule has 0 aliphatic rings. The minimum Gasteiger partial charge on any atom is -0.397 e. The summed E-state index contributed by atoms with van der Waals surface area (Å²) in [6, 6.07) is 20.4. The zero-order valence-electron chi connectivity index (χ0n) is 12.3. The molecule has 3 aromatic rings. The molecule has 3 rings (SSSR count). The molecular weight excluding hydrogens is 291 g/mol. The SMILES string of the molecule is Nc1ccc(-c2ccccc2F)cc1NC(=O)c1ccccc1. The van der Waals surface area contributed by atoms with E-state index in [0.717, 1.165) is 0 Å². The first-order chi connectivity index (χ1) is 11.1. The maximum absolute atomic E-state index is 13.9. The maximum atomic E-state index is 13.9. The van der Waals surface area contributed by atoms with Gasteiger partial charge >= 0.3 is 0 Å². The molecule has 0 unspecified atom stereocenters. The number of halogens is 1. The van der Waals surface area contributed by atoms with Crippen molar-refractivity contribution < 1.29 is 9.18 Å². The summed E-state index contributed by atoms with van der Waals surface area (Å²) < 4.78 is 13.9. The third kappa shape index (κ3) is 3.21. The average molecular weight is 306 g/mol. The molecule has 114 valence electrons. The van der Waals surface area contributed by atoms with Crippen molar-refractivity contribution in [1.82, 2.24) is 0 Å². The van der Waals surface area contributed by atoms with Gasteiger partial charge in [-0.25, -0.2) is 4.39 Å². The van der Waals surface area contributed by atoms with E-state index in [9.17, 15) is 9.18 Å². The molecule has 0 heterocycles. The Hall–Kier alpha value is -3.14. The Balaban J connectivity index is 1.93. The fraction of sp³-hybridized carbons (Fsp3) is 0. The van der Waals surface area contributed by atoms with Gasteiger partial charge in [-0.2, -0.15) is 0 Å². The van der Waals surface area contributed by atoms with Crippen LogP contribution in [0.1, 0.15) is 10.4 Å². The molecule has 0 aliphatic heterocycles. The Morgan fingerprint density at radius 1 is 0.913 bits per heavy atom. The fourth-order valence-corrected chi connectivity index (χ4v) is 2.31. The van der Waals surface area contributed by atoms with Gasteiger partial charge in [-0.05, 0) is 35.9 Å². The summed E-state index contributed by atoms with van der Waals surface area (Å²) in [5, 5.41) is 2.77. The minimum absolute atomic E-state index is 0.261. The number of anilines is 2. The number of hydrogen-bond donors (Lipinski definition) is 2. The molecule has 0 aromatic heterocycles. The second-order valence-corrected chi connectivity index (χ2v) is 5.10. The van der Waals surface area contributed by atoms with E-state index >= 15 is 0 Å². The molecule has 23 heavy (non-hydrogen) atoms. The molecule has 3 N–H and O–H groups in total. The molecule has 0 saturated heterocycles. The van der Waals surface area contributed by atoms with Crippen molar-refractivity contribution >= 4 is 17.3 Å². The Bertz CT molecular complexity index is 847. The average Bonchev–Trinajstić information content (AvgIpc) is 2.58. The molecule has 0 radical (unpaired) electrons. The van der Waals surface area contributed by atoms with Crippen LogP contribution in [0, 0.1) is 5.82 Å². The highest BCUT2D eigenvalue weighted by atomic mass is 19.1. The van der Waals surface area contributed by atoms with Crippen molar-refractivity contribution in [3.63, 3.8) is 0 Å². The molecule has 3 aromatic carbocycles. The first kappa shape index (κ1) is 14.8. The van der Waals surface area contributed by atoms with E-state index in [1.165, 1.54) is 6.07 Å². The highest BCUT2D eigenvalue weighted by Crippen LogP contribution is 2.29. The van der Waals surface area contributed by atoms with E-state index in [-0.39, 0.29) is 11.7 Å². The lowest BCUT2D eigenvalue weighted by molar-refractivity contribution is 0.102. The standard InChI is InChI=1S/C19H15FN2O/c20-16-9-5-4-8-15(16)14-10-11-17(21)18(12-14)22-19(23)13-6-2-1-3-7-13/h1-12H,21H2,(H,22,23). The Morgan fingerprint density at radius 2 is 1.61 bits per heavy atom. The third-order valence-corrected chi connectivity index (χ3v) is 3.52. The third-order valence-electron chi connectivity index (χ3n) is 3.52. The number of carbonyl (C=O) groups excluding carboxylic acids is 1. The van der Waals surface area contributed by atoms with Gasteiger partial charge in [0.15, 0.2) is 0 Å². The number of benzene rings is 3. The second kappa shape index (κ2) is 6.32. The van der Waals surface area contributed by atoms with E-state index in [0.29, 0.717) is 28.1 Å². The van der Waals surface area contributed by atoms with Crippen molar-refractivity contribution in [2.75, 3.05) is 11.1 Å². The summed E-state index contributed by atoms with van der Waals surface area (Å²) in [4.78, 5) is 12.2. The molecule has 0 fully saturated rings. The van der Waals surface area contributed by atoms with Gasteiger partial charge in [0.05, 0.1) is 11.4 Å². The molecule has 0 aliphatic carbocycles. The topological polar surface area (TPSA) is 55.1 Å². The predicted molar refractivity (Wildman–Crippen MR) is 90.6 cm³/mol. The first-order valence-corrected chi connectivity index (χ1v) is 7.16. The van der Waals surface area contributed by atoms with Crippen LogP contribution in [0.25, 0.3) is 11.1 Å². The molecule has 3 nitrogen and oxygen atoms in total. The normalized spacial score (nSPS) is 10.3. The number of rotatable bonds is 3. The Labute approximate surface area is 133 Å². The molecule has 0 atom stereocenters. The smallest absolute Gasteiger partial charge is 0.255 e. The first-order valence-electron chi connectivity index (χ1n) is 7.16. The van der Waals surface area contributed by atoms with Gasteiger partial charge in [0.25, 0.3) is 5.91 Å². The molecule has 0 bridgehead atoms. The van der Waals surface area contributed by atoms with Gasteiger partial charge in [-0.3, -0.25) is 4.79 Å². The van der Waals surface area contributed by atoms with Gasteiger partial charge in [-0.15, -0.1) is 0 Å². The summed E-state index contributed by atoms with van der Waals surface area (Å²) in [5.41, 5.74) is 8.45. The fourth-order valence-electron chi connectivity index (χ4n) is 2.31. The van der Waals surface area contributed by atoms with E-state index in [2.05, 4.69) is 5.32 Å². The second-order valence-electron chi connectivity index (χ2n) is 5.10. The van der Waals surface area contributed by atoms with Gasteiger partial charge in [0, 0.05) is 11.1 Å². The van der Waals surface area contributed by atoms with E-state index < -0.39 is 0 Å². The van der Waals surface area contributed by atoms with Crippen molar-refractivity contribution in [3.8, 4) is 11.1 Å². The van der Waals surface area contributed by atoms with E-state index in [1.807, 2.05) is 6.07 Å². The summed E-state index contributed by atoms with van der Waals surface area (Å²) in [6.07, 6.45) is 0. The maximum Gasteiger partial charge on any atom is 0.255 e. The number of nitrogens with two attached hydrogens (primary N) is 1. The van der Waals surface area contributed by atoms with Crippen LogP contribution in [0.3, 0.4) is 0 Å². The highest BCUT2D eigenvalue weighted by molar-refractivity contribution is 6.06. The summed E-state index contributed by atoms with van der Waals surface area (Å²) >= 11 is 0. The monoisotopic (exact) mass is 306 g/mol. The van der Waals surface area contributed by atoms with Crippen LogP contribution < -0.4 is 11.1 Å². The summed E-state index contributed by atoms with van der Waals surface area (Å²) in [5.74, 6) is -0.583. The highest BCUT2D eigenvalue weighted by Gasteiger charge is 2.10. The van der Waals surface area contributed by atoms with Gasteiger partial charge in [-0.1, -0.05) is 42.5 Å². The van der Waals surface area contributed by atoms with Crippen molar-refractivity contribution in [2.45, 2.75) is 0 Å². The van der Waals surface area contributed by atoms with Crippen molar-refractivity contribution in [1.29, 1.82) is 0 Å². The molecule has 1 amide bonds. The predicted octanol–water partition coefficient (Wildman–Crippen LogP) is 4.33. The van der Waals surface area contributed by atoms with E-state index in [4.69, 9.17) is 5.73 Å². The zero-order valence-corrected chi connectivity index (χ0v) is 12.3. The quantitative estimate of drug-likeness (QED) is 0.708. The van der Waals surface area contributed by atoms with Gasteiger partial charge < -0.3 is 11.1 Å². The van der Waals surface area contributed by atoms with Crippen LogP contribution in [0.2, 0.25) is 0 Å². The van der Waals surface area contributed by atoms with Crippen LogP contribution >= 0.6 is 0 Å². The number of nitrogens with one attached hydrogen (secondary N) is 1. The van der Waals surface area contributed by atoms with Crippen LogP contribution in [-0.2, 0) is 0 Å². The largest absolute Gasteiger partial charge is 0.397 e. The summed E-state index contributed by atoms with van der Waals surface area (Å²) in [7, 11) is 0. The van der Waals surface area contributed by atoms with Crippen LogP contribution in [0.15, 0.2) is 72.8 Å². The molecule has 0 saturated carbocycles. The lowest BCUT2D eigenvalue weighted by atomic mass is 10.0. The Kier molecular flexibility index (Phi) is 4.06. The van der Waals surface area contributed by atoms with Crippen LogP contribution in [0.4, 0.5) is 15.8 Å². The number of amides is 1. The lowest BCUT2D eigenvalue weighted by Gasteiger charge is -2.11. The van der Waals surface area contributed by atoms with Crippen LogP contribution in [0.5, 0.6) is 0 Å². The number of nitrogen functional groups attached to an aromatic ring is 1. The minimum atomic E-state index is -0.322. The Morgan fingerprint density at radius 3 is 2.35 bits per heavy atom.